The van der Waals surface area contributed by atoms with Gasteiger partial charge in [0.2, 0.25) is 0 Å². The first-order valence-corrected chi connectivity index (χ1v) is 9.38. The van der Waals surface area contributed by atoms with Crippen molar-refractivity contribution in [2.45, 2.75) is 37.5 Å². The summed E-state index contributed by atoms with van der Waals surface area (Å²) in [5, 5.41) is 9.88. The van der Waals surface area contributed by atoms with Gasteiger partial charge in [-0.15, -0.1) is 0 Å². The largest absolute Gasteiger partial charge is 0.508 e. The first kappa shape index (κ1) is 11.5. The third-order valence-corrected chi connectivity index (χ3v) is 6.40. The lowest BCUT2D eigenvalue weighted by atomic mass is 10.1. The molecule has 2 rings (SSSR count). The van der Waals surface area contributed by atoms with Crippen LogP contribution in [0.3, 0.4) is 0 Å². The predicted octanol–water partition coefficient (Wildman–Crippen LogP) is 3.60. The quantitative estimate of drug-likeness (QED) is 0.813. The van der Waals surface area contributed by atoms with Crippen LogP contribution in [0.25, 0.3) is 0 Å². The minimum atomic E-state index is -1.07. The molecule has 0 bridgehead atoms. The average molecular weight is 236 g/mol. The van der Waals surface area contributed by atoms with Crippen molar-refractivity contribution in [2.75, 3.05) is 7.11 Å². The zero-order valence-electron chi connectivity index (χ0n) is 10.4. The molecule has 0 amide bonds. The van der Waals surface area contributed by atoms with Gasteiger partial charge in [-0.3, -0.25) is 0 Å². The summed E-state index contributed by atoms with van der Waals surface area (Å²) in [6.07, 6.45) is 1.23. The third kappa shape index (κ3) is 2.09. The van der Waals surface area contributed by atoms with Gasteiger partial charge in [0.1, 0.15) is 11.5 Å². The highest BCUT2D eigenvalue weighted by molar-refractivity contribution is 6.78. The topological polar surface area (TPSA) is 29.5 Å². The van der Waals surface area contributed by atoms with E-state index in [9.17, 15) is 5.11 Å². The number of hydrogen-bond donors (Lipinski definition) is 1. The lowest BCUT2D eigenvalue weighted by molar-refractivity contribution is 0.411. The number of phenols is 1. The molecule has 3 heteroatoms. The van der Waals surface area contributed by atoms with Crippen molar-refractivity contribution in [3.05, 3.63) is 23.8 Å². The zero-order chi connectivity index (χ0) is 11.9. The van der Waals surface area contributed by atoms with E-state index in [0.717, 1.165) is 16.9 Å². The van der Waals surface area contributed by atoms with E-state index in [0.29, 0.717) is 11.7 Å². The number of phenolic OH excluding ortho intramolecular Hbond substituents is 1. The number of hydrogen-bond acceptors (Lipinski definition) is 2. The molecule has 0 aromatic heterocycles. The Balaban J connectivity index is 2.23. The Labute approximate surface area is 98.3 Å². The molecule has 0 radical (unpaired) electrons. The molecule has 1 aliphatic carbocycles. The maximum Gasteiger partial charge on any atom is 0.119 e. The third-order valence-electron chi connectivity index (χ3n) is 3.54. The highest BCUT2D eigenvalue weighted by Gasteiger charge is 2.47. The second-order valence-electron chi connectivity index (χ2n) is 5.74. The molecule has 0 unspecified atom stereocenters. The van der Waals surface area contributed by atoms with Gasteiger partial charge >= 0.3 is 0 Å². The summed E-state index contributed by atoms with van der Waals surface area (Å²) in [5.74, 6) is 1.82. The summed E-state index contributed by atoms with van der Waals surface area (Å²) in [5.41, 5.74) is 1.89. The second kappa shape index (κ2) is 3.81. The van der Waals surface area contributed by atoms with Crippen molar-refractivity contribution < 1.29 is 9.84 Å². The van der Waals surface area contributed by atoms with E-state index in [2.05, 4.69) is 19.6 Å². The van der Waals surface area contributed by atoms with Gasteiger partial charge in [0.25, 0.3) is 0 Å². The number of rotatable bonds is 3. The fraction of sp³-hybridized carbons (Fsp3) is 0.538. The first-order valence-electron chi connectivity index (χ1n) is 5.80. The normalized spacial score (nSPS) is 24.2. The fourth-order valence-electron chi connectivity index (χ4n) is 2.45. The Hall–Kier alpha value is -0.963. The van der Waals surface area contributed by atoms with Crippen LogP contribution in [0, 0.1) is 0 Å². The number of benzene rings is 1. The van der Waals surface area contributed by atoms with Crippen LogP contribution in [0.1, 0.15) is 17.9 Å². The van der Waals surface area contributed by atoms with Gasteiger partial charge in [-0.05, 0) is 36.1 Å². The summed E-state index contributed by atoms with van der Waals surface area (Å²) < 4.78 is 5.21. The van der Waals surface area contributed by atoms with E-state index in [1.54, 1.807) is 13.2 Å². The molecular formula is C13H20O2Si. The number of ether oxygens (including phenoxy) is 1. The standard InChI is InChI=1S/C13H20O2Si/c1-15-9-5-6-12(14)10(7-9)11-8-13(11)16(2,3)4/h5-7,11,13-14H,8H2,1-4H3/t11-,13+/m0/s1. The minimum Gasteiger partial charge on any atom is -0.508 e. The highest BCUT2D eigenvalue weighted by atomic mass is 28.3. The smallest absolute Gasteiger partial charge is 0.119 e. The van der Waals surface area contributed by atoms with Gasteiger partial charge in [-0.2, -0.15) is 0 Å². The Morgan fingerprint density at radius 2 is 2.00 bits per heavy atom. The molecule has 0 spiro atoms. The summed E-state index contributed by atoms with van der Waals surface area (Å²) in [7, 11) is 0.594. The Morgan fingerprint density at radius 3 is 2.50 bits per heavy atom. The molecule has 1 aliphatic rings. The predicted molar refractivity (Wildman–Crippen MR) is 69.1 cm³/mol. The Bertz CT molecular complexity index is 395. The monoisotopic (exact) mass is 236 g/mol. The van der Waals surface area contributed by atoms with Gasteiger partial charge in [-0.1, -0.05) is 19.6 Å². The van der Waals surface area contributed by atoms with Crippen LogP contribution in [0.5, 0.6) is 11.5 Å². The molecule has 88 valence electrons. The number of aromatic hydroxyl groups is 1. The van der Waals surface area contributed by atoms with Gasteiger partial charge < -0.3 is 9.84 Å². The first-order chi connectivity index (χ1) is 7.43. The van der Waals surface area contributed by atoms with Crippen molar-refractivity contribution in [3.8, 4) is 11.5 Å². The minimum absolute atomic E-state index is 0.423. The van der Waals surface area contributed by atoms with E-state index in [1.165, 1.54) is 6.42 Å². The molecule has 0 aliphatic heterocycles. The van der Waals surface area contributed by atoms with Crippen LogP contribution in [-0.2, 0) is 0 Å². The summed E-state index contributed by atoms with van der Waals surface area (Å²) in [4.78, 5) is 0. The molecule has 16 heavy (non-hydrogen) atoms. The molecule has 0 heterocycles. The fourth-order valence-corrected chi connectivity index (χ4v) is 4.80. The van der Waals surface area contributed by atoms with Crippen molar-refractivity contribution in [3.63, 3.8) is 0 Å². The summed E-state index contributed by atoms with van der Waals surface area (Å²) in [6, 6.07) is 5.54. The van der Waals surface area contributed by atoms with Crippen LogP contribution in [0.2, 0.25) is 25.2 Å². The molecule has 0 saturated heterocycles. The van der Waals surface area contributed by atoms with Gasteiger partial charge in [0.05, 0.1) is 7.11 Å². The Kier molecular flexibility index (Phi) is 2.74. The van der Waals surface area contributed by atoms with Crippen LogP contribution < -0.4 is 4.74 Å². The average Bonchev–Trinajstić information content (AvgIpc) is 2.97. The van der Waals surface area contributed by atoms with Crippen LogP contribution >= 0.6 is 0 Å². The van der Waals surface area contributed by atoms with E-state index >= 15 is 0 Å². The lowest BCUT2D eigenvalue weighted by Gasteiger charge is -2.16. The van der Waals surface area contributed by atoms with E-state index in [-0.39, 0.29) is 0 Å². The van der Waals surface area contributed by atoms with Gasteiger partial charge in [-0.25, -0.2) is 0 Å². The number of methoxy groups -OCH3 is 1. The highest BCUT2D eigenvalue weighted by Crippen LogP contribution is 2.60. The van der Waals surface area contributed by atoms with Gasteiger partial charge in [0.15, 0.2) is 0 Å². The molecule has 1 fully saturated rings. The van der Waals surface area contributed by atoms with Crippen LogP contribution in [0.4, 0.5) is 0 Å². The molecule has 1 aromatic carbocycles. The van der Waals surface area contributed by atoms with Crippen molar-refractivity contribution >= 4 is 8.07 Å². The Morgan fingerprint density at radius 1 is 1.31 bits per heavy atom. The molecule has 2 nitrogen and oxygen atoms in total. The van der Waals surface area contributed by atoms with E-state index in [1.807, 2.05) is 12.1 Å². The maximum atomic E-state index is 9.88. The molecule has 1 aromatic rings. The van der Waals surface area contributed by atoms with Crippen LogP contribution in [0.15, 0.2) is 18.2 Å². The zero-order valence-corrected chi connectivity index (χ0v) is 11.4. The summed E-state index contributed by atoms with van der Waals surface area (Å²) >= 11 is 0. The van der Waals surface area contributed by atoms with Crippen molar-refractivity contribution in [2.24, 2.45) is 0 Å². The molecule has 2 atom stereocenters. The van der Waals surface area contributed by atoms with Crippen molar-refractivity contribution in [1.82, 2.24) is 0 Å². The van der Waals surface area contributed by atoms with Crippen molar-refractivity contribution in [1.29, 1.82) is 0 Å². The van der Waals surface area contributed by atoms with E-state index < -0.39 is 8.07 Å². The molecular weight excluding hydrogens is 216 g/mol. The molecule has 1 saturated carbocycles. The lowest BCUT2D eigenvalue weighted by Crippen LogP contribution is -2.20. The SMILES string of the molecule is COc1ccc(O)c([C@@H]2C[C@H]2[Si](C)(C)C)c1. The molecule has 1 N–H and O–H groups in total. The van der Waals surface area contributed by atoms with E-state index in [4.69, 9.17) is 4.74 Å². The summed E-state index contributed by atoms with van der Waals surface area (Å²) in [6.45, 7) is 7.19. The van der Waals surface area contributed by atoms with Crippen LogP contribution in [-0.4, -0.2) is 20.3 Å². The van der Waals surface area contributed by atoms with Gasteiger partial charge in [0, 0.05) is 13.6 Å². The second-order valence-corrected chi connectivity index (χ2v) is 11.2. The maximum absolute atomic E-state index is 9.88.